The van der Waals surface area contributed by atoms with Gasteiger partial charge < -0.3 is 5.32 Å². The Kier molecular flexibility index (Phi) is 4.86. The van der Waals surface area contributed by atoms with Crippen molar-refractivity contribution in [1.29, 1.82) is 0 Å². The van der Waals surface area contributed by atoms with Crippen molar-refractivity contribution in [2.75, 3.05) is 7.05 Å². The molecule has 2 atom stereocenters. The van der Waals surface area contributed by atoms with E-state index >= 15 is 0 Å². The molecule has 0 bridgehead atoms. The minimum Gasteiger partial charge on any atom is -0.317 e. The van der Waals surface area contributed by atoms with Crippen LogP contribution < -0.4 is 5.32 Å². The minimum absolute atomic E-state index is 0.411. The monoisotopic (exact) mass is 293 g/mol. The molecule has 3 nitrogen and oxygen atoms in total. The molecule has 0 radical (unpaired) electrons. The van der Waals surface area contributed by atoms with Gasteiger partial charge in [-0.05, 0) is 31.2 Å². The Bertz CT molecular complexity index is 507. The second-order valence-electron chi connectivity index (χ2n) is 7.12. The summed E-state index contributed by atoms with van der Waals surface area (Å²) in [6, 6.07) is 0.511. The molecular weight excluding hydrogens is 266 g/mol. The van der Waals surface area contributed by atoms with Crippen LogP contribution in [0.15, 0.2) is 17.8 Å². The predicted molar refractivity (Wildman–Crippen MR) is 87.5 cm³/mol. The molecule has 0 fully saturated rings. The second kappa shape index (κ2) is 6.27. The average Bonchev–Trinajstić information content (AvgIpc) is 2.85. The molecule has 0 amide bonds. The fraction of sp³-hybridized carbons (Fsp3) is 0.688. The van der Waals surface area contributed by atoms with Gasteiger partial charge in [-0.25, -0.2) is 4.98 Å². The molecule has 4 heteroatoms. The largest absolute Gasteiger partial charge is 0.317 e. The van der Waals surface area contributed by atoms with Gasteiger partial charge in [0.25, 0.3) is 0 Å². The van der Waals surface area contributed by atoms with Gasteiger partial charge in [0, 0.05) is 30.2 Å². The fourth-order valence-electron chi connectivity index (χ4n) is 3.04. The number of hydrogen-bond acceptors (Lipinski definition) is 3. The summed E-state index contributed by atoms with van der Waals surface area (Å²) in [7, 11) is 2.06. The number of thiazole rings is 1. The van der Waals surface area contributed by atoms with Crippen LogP contribution in [0.5, 0.6) is 0 Å². The maximum absolute atomic E-state index is 4.68. The summed E-state index contributed by atoms with van der Waals surface area (Å²) >= 11 is 1.70. The summed E-state index contributed by atoms with van der Waals surface area (Å²) in [5.74, 6) is 0.733. The van der Waals surface area contributed by atoms with Gasteiger partial charge in [0.2, 0.25) is 0 Å². The van der Waals surface area contributed by atoms with E-state index in [2.05, 4.69) is 67.2 Å². The topological polar surface area (TPSA) is 29.3 Å². The maximum Gasteiger partial charge on any atom is 0.193 e. The van der Waals surface area contributed by atoms with Crippen molar-refractivity contribution in [2.45, 2.75) is 53.0 Å². The van der Waals surface area contributed by atoms with Crippen molar-refractivity contribution in [2.24, 2.45) is 11.3 Å². The number of rotatable bonds is 6. The molecular formula is C16H27N3S. The van der Waals surface area contributed by atoms with Crippen LogP contribution in [-0.2, 0) is 6.42 Å². The molecule has 112 valence electrons. The van der Waals surface area contributed by atoms with Crippen LogP contribution in [0.4, 0.5) is 0 Å². The third-order valence-electron chi connectivity index (χ3n) is 3.65. The SMILES string of the molecule is CNC(Cc1cn2ccsc2n1)CC(C)CC(C)(C)C. The highest BCUT2D eigenvalue weighted by Crippen LogP contribution is 2.27. The number of aromatic nitrogens is 2. The highest BCUT2D eigenvalue weighted by molar-refractivity contribution is 7.15. The zero-order chi connectivity index (χ0) is 14.8. The van der Waals surface area contributed by atoms with Crippen LogP contribution in [-0.4, -0.2) is 22.5 Å². The van der Waals surface area contributed by atoms with Gasteiger partial charge in [-0.1, -0.05) is 27.7 Å². The molecule has 2 aromatic rings. The van der Waals surface area contributed by atoms with Crippen LogP contribution in [0, 0.1) is 11.3 Å². The minimum atomic E-state index is 0.411. The Morgan fingerprint density at radius 2 is 2.15 bits per heavy atom. The molecule has 2 aromatic heterocycles. The number of fused-ring (bicyclic) bond motifs is 1. The summed E-state index contributed by atoms with van der Waals surface area (Å²) in [4.78, 5) is 5.78. The van der Waals surface area contributed by atoms with Crippen LogP contribution in [0.3, 0.4) is 0 Å². The van der Waals surface area contributed by atoms with Gasteiger partial charge in [-0.2, -0.15) is 0 Å². The molecule has 0 saturated carbocycles. The molecule has 2 heterocycles. The standard InChI is InChI=1S/C16H27N3S/c1-12(10-16(2,3)4)8-13(17-5)9-14-11-19-6-7-20-15(19)18-14/h6-7,11-13,17H,8-10H2,1-5H3. The molecule has 1 N–H and O–H groups in total. The van der Waals surface area contributed by atoms with E-state index in [-0.39, 0.29) is 0 Å². The number of likely N-dealkylation sites (N-methyl/N-ethyl adjacent to an activating group) is 1. The third kappa shape index (κ3) is 4.32. The Morgan fingerprint density at radius 1 is 1.40 bits per heavy atom. The number of nitrogens with one attached hydrogen (secondary N) is 1. The van der Waals surface area contributed by atoms with Crippen molar-refractivity contribution in [3.05, 3.63) is 23.5 Å². The lowest BCUT2D eigenvalue weighted by atomic mass is 9.82. The van der Waals surface area contributed by atoms with Gasteiger partial charge in [0.1, 0.15) is 0 Å². The molecule has 0 aliphatic heterocycles. The fourth-order valence-corrected chi connectivity index (χ4v) is 3.76. The van der Waals surface area contributed by atoms with Crippen molar-refractivity contribution in [1.82, 2.24) is 14.7 Å². The van der Waals surface area contributed by atoms with Gasteiger partial charge >= 0.3 is 0 Å². The predicted octanol–water partition coefficient (Wildman–Crippen LogP) is 3.99. The lowest BCUT2D eigenvalue weighted by Gasteiger charge is -2.26. The zero-order valence-electron chi connectivity index (χ0n) is 13.3. The van der Waals surface area contributed by atoms with Crippen molar-refractivity contribution in [3.8, 4) is 0 Å². The normalized spacial score (nSPS) is 15.7. The molecule has 0 aliphatic carbocycles. The van der Waals surface area contributed by atoms with E-state index in [1.54, 1.807) is 11.3 Å². The van der Waals surface area contributed by atoms with Gasteiger partial charge in [0.05, 0.1) is 5.69 Å². The summed E-state index contributed by atoms with van der Waals surface area (Å²) in [5, 5.41) is 5.53. The first kappa shape index (κ1) is 15.5. The van der Waals surface area contributed by atoms with Crippen LogP contribution in [0.1, 0.15) is 46.2 Å². The first-order valence-corrected chi connectivity index (χ1v) is 8.33. The molecule has 0 spiro atoms. The number of hydrogen-bond donors (Lipinski definition) is 1. The van der Waals surface area contributed by atoms with Gasteiger partial charge in [-0.3, -0.25) is 4.40 Å². The maximum atomic E-state index is 4.68. The molecule has 0 saturated heterocycles. The van der Waals surface area contributed by atoms with Gasteiger partial charge in [-0.15, -0.1) is 11.3 Å². The highest BCUT2D eigenvalue weighted by atomic mass is 32.1. The quantitative estimate of drug-likeness (QED) is 0.872. The lowest BCUT2D eigenvalue weighted by Crippen LogP contribution is -2.30. The first-order chi connectivity index (χ1) is 9.37. The zero-order valence-corrected chi connectivity index (χ0v) is 14.1. The second-order valence-corrected chi connectivity index (χ2v) is 7.99. The van der Waals surface area contributed by atoms with Crippen LogP contribution >= 0.6 is 11.3 Å². The molecule has 0 aromatic carbocycles. The van der Waals surface area contributed by atoms with Crippen LogP contribution in [0.25, 0.3) is 4.96 Å². The molecule has 0 aliphatic rings. The number of nitrogens with zero attached hydrogens (tertiary/aromatic N) is 2. The Morgan fingerprint density at radius 3 is 2.75 bits per heavy atom. The lowest BCUT2D eigenvalue weighted by molar-refractivity contribution is 0.277. The molecule has 20 heavy (non-hydrogen) atoms. The summed E-state index contributed by atoms with van der Waals surface area (Å²) in [5.41, 5.74) is 1.61. The Balaban J connectivity index is 1.93. The first-order valence-electron chi connectivity index (χ1n) is 7.46. The average molecular weight is 293 g/mol. The van der Waals surface area contributed by atoms with E-state index in [1.165, 1.54) is 18.5 Å². The van der Waals surface area contributed by atoms with E-state index in [0.29, 0.717) is 11.5 Å². The van der Waals surface area contributed by atoms with Crippen molar-refractivity contribution < 1.29 is 0 Å². The van der Waals surface area contributed by atoms with E-state index in [9.17, 15) is 0 Å². The Labute approximate surface area is 126 Å². The smallest absolute Gasteiger partial charge is 0.193 e. The number of imidazole rings is 1. The van der Waals surface area contributed by atoms with Crippen molar-refractivity contribution in [3.63, 3.8) is 0 Å². The summed E-state index contributed by atoms with van der Waals surface area (Å²) in [6.07, 6.45) is 7.72. The summed E-state index contributed by atoms with van der Waals surface area (Å²) in [6.45, 7) is 9.32. The molecule has 2 unspecified atom stereocenters. The van der Waals surface area contributed by atoms with Gasteiger partial charge in [0.15, 0.2) is 4.96 Å². The van der Waals surface area contributed by atoms with Crippen molar-refractivity contribution >= 4 is 16.3 Å². The van der Waals surface area contributed by atoms with E-state index < -0.39 is 0 Å². The third-order valence-corrected chi connectivity index (χ3v) is 4.43. The van der Waals surface area contributed by atoms with Crippen LogP contribution in [0.2, 0.25) is 0 Å². The Hall–Kier alpha value is -0.870. The van der Waals surface area contributed by atoms with E-state index in [0.717, 1.165) is 17.3 Å². The summed E-state index contributed by atoms with van der Waals surface area (Å²) < 4.78 is 2.12. The highest BCUT2D eigenvalue weighted by Gasteiger charge is 2.19. The van der Waals surface area contributed by atoms with E-state index in [4.69, 9.17) is 0 Å². The molecule has 2 rings (SSSR count). The van der Waals surface area contributed by atoms with E-state index in [1.807, 2.05) is 0 Å².